The molecule has 1 fully saturated rings. The van der Waals surface area contributed by atoms with Crippen molar-refractivity contribution in [3.05, 3.63) is 58.0 Å². The van der Waals surface area contributed by atoms with E-state index in [2.05, 4.69) is 5.10 Å². The Morgan fingerprint density at radius 2 is 1.69 bits per heavy atom. The van der Waals surface area contributed by atoms with Crippen LogP contribution >= 0.6 is 0 Å². The lowest BCUT2D eigenvalue weighted by Crippen LogP contribution is -2.50. The number of amides is 1. The van der Waals surface area contributed by atoms with Crippen molar-refractivity contribution in [2.45, 2.75) is 17.6 Å². The minimum Gasteiger partial charge on any atom is -0.383 e. The number of hydrogen-bond acceptors (Lipinski definition) is 6. The van der Waals surface area contributed by atoms with Gasteiger partial charge in [-0.1, -0.05) is 0 Å². The van der Waals surface area contributed by atoms with E-state index in [4.69, 9.17) is 4.74 Å². The topological polar surface area (TPSA) is 102 Å². The summed E-state index contributed by atoms with van der Waals surface area (Å²) in [5.74, 6) is -0.456. The zero-order valence-corrected chi connectivity index (χ0v) is 17.9. The van der Waals surface area contributed by atoms with Crippen molar-refractivity contribution >= 4 is 15.9 Å². The summed E-state index contributed by atoms with van der Waals surface area (Å²) in [6.07, 6.45) is -4.56. The maximum absolute atomic E-state index is 12.8. The second kappa shape index (κ2) is 9.38. The number of nitrogens with zero attached hydrogens (tertiary/aromatic N) is 4. The number of ether oxygens (including phenoxy) is 1. The van der Waals surface area contributed by atoms with Gasteiger partial charge in [0, 0.05) is 39.4 Å². The summed E-state index contributed by atoms with van der Waals surface area (Å²) in [6, 6.07) is 5.81. The molecule has 0 radical (unpaired) electrons. The summed E-state index contributed by atoms with van der Waals surface area (Å²) in [4.78, 5) is 25.7. The fourth-order valence-electron chi connectivity index (χ4n) is 3.16. The fraction of sp³-hybridized carbons (Fsp3) is 0.421. The molecule has 0 saturated carbocycles. The molecule has 174 valence electrons. The minimum atomic E-state index is -4.56. The first-order valence-electron chi connectivity index (χ1n) is 9.58. The number of piperazine rings is 1. The van der Waals surface area contributed by atoms with Gasteiger partial charge < -0.3 is 9.64 Å². The molecular weight excluding hydrogens is 453 g/mol. The first-order valence-corrected chi connectivity index (χ1v) is 11.0. The van der Waals surface area contributed by atoms with Crippen molar-refractivity contribution in [3.8, 4) is 0 Å². The van der Waals surface area contributed by atoms with Crippen LogP contribution in [0.4, 0.5) is 13.2 Å². The van der Waals surface area contributed by atoms with Gasteiger partial charge in [-0.25, -0.2) is 13.1 Å². The van der Waals surface area contributed by atoms with Crippen molar-refractivity contribution in [2.24, 2.45) is 0 Å². The van der Waals surface area contributed by atoms with Crippen LogP contribution in [0.5, 0.6) is 0 Å². The zero-order valence-electron chi connectivity index (χ0n) is 17.1. The van der Waals surface area contributed by atoms with E-state index in [-0.39, 0.29) is 55.5 Å². The lowest BCUT2D eigenvalue weighted by molar-refractivity contribution is -0.137. The number of alkyl halides is 3. The van der Waals surface area contributed by atoms with Crippen LogP contribution in [0.2, 0.25) is 0 Å². The molecule has 0 aliphatic carbocycles. The van der Waals surface area contributed by atoms with Crippen molar-refractivity contribution in [1.29, 1.82) is 0 Å². The maximum Gasteiger partial charge on any atom is 0.416 e. The molecule has 2 heterocycles. The average molecular weight is 474 g/mol. The van der Waals surface area contributed by atoms with Gasteiger partial charge in [0.25, 0.3) is 11.5 Å². The van der Waals surface area contributed by atoms with Gasteiger partial charge in [-0.15, -0.1) is 0 Å². The normalized spacial score (nSPS) is 15.7. The number of hydrogen-bond donors (Lipinski definition) is 0. The highest BCUT2D eigenvalue weighted by Gasteiger charge is 2.33. The molecule has 2 aromatic rings. The Kier molecular flexibility index (Phi) is 7.00. The Labute approximate surface area is 182 Å². The Morgan fingerprint density at radius 3 is 2.25 bits per heavy atom. The van der Waals surface area contributed by atoms with E-state index in [0.717, 1.165) is 33.3 Å². The summed E-state index contributed by atoms with van der Waals surface area (Å²) in [5.41, 5.74) is -1.28. The smallest absolute Gasteiger partial charge is 0.383 e. The van der Waals surface area contributed by atoms with E-state index in [1.165, 1.54) is 24.1 Å². The molecule has 0 unspecified atom stereocenters. The van der Waals surface area contributed by atoms with Gasteiger partial charge in [-0.3, -0.25) is 9.59 Å². The van der Waals surface area contributed by atoms with E-state index in [1.807, 2.05) is 0 Å². The maximum atomic E-state index is 12.8. The molecule has 0 N–H and O–H groups in total. The number of sulfonamides is 1. The van der Waals surface area contributed by atoms with Crippen molar-refractivity contribution in [3.63, 3.8) is 0 Å². The number of rotatable bonds is 6. The Bertz CT molecular complexity index is 1120. The molecule has 13 heteroatoms. The summed E-state index contributed by atoms with van der Waals surface area (Å²) >= 11 is 0. The molecule has 0 spiro atoms. The molecule has 1 aliphatic rings. The van der Waals surface area contributed by atoms with Crippen LogP contribution in [0.15, 0.2) is 46.1 Å². The minimum absolute atomic E-state index is 0.0294. The van der Waals surface area contributed by atoms with Crippen molar-refractivity contribution < 1.29 is 31.1 Å². The molecule has 1 aliphatic heterocycles. The van der Waals surface area contributed by atoms with Crippen LogP contribution in [0, 0.1) is 0 Å². The van der Waals surface area contributed by atoms with E-state index in [1.54, 1.807) is 0 Å². The highest BCUT2D eigenvalue weighted by molar-refractivity contribution is 7.89. The molecule has 3 rings (SSSR count). The molecular formula is C19H21F3N4O5S. The quantitative estimate of drug-likeness (QED) is 0.621. The van der Waals surface area contributed by atoms with E-state index >= 15 is 0 Å². The summed E-state index contributed by atoms with van der Waals surface area (Å²) in [7, 11) is -2.54. The van der Waals surface area contributed by atoms with E-state index in [0.29, 0.717) is 0 Å². The third-order valence-electron chi connectivity index (χ3n) is 4.94. The molecule has 32 heavy (non-hydrogen) atoms. The highest BCUT2D eigenvalue weighted by Crippen LogP contribution is 2.30. The van der Waals surface area contributed by atoms with Crippen LogP contribution in [-0.2, 0) is 27.5 Å². The lowest BCUT2D eigenvalue weighted by Gasteiger charge is -2.33. The third kappa shape index (κ3) is 5.16. The Hall–Kier alpha value is -2.77. The Balaban J connectivity index is 1.68. The molecule has 1 saturated heterocycles. The zero-order chi connectivity index (χ0) is 23.5. The van der Waals surface area contributed by atoms with Crippen LogP contribution in [0.1, 0.15) is 16.1 Å². The Morgan fingerprint density at radius 1 is 1.06 bits per heavy atom. The molecule has 0 atom stereocenters. The predicted octanol–water partition coefficient (Wildman–Crippen LogP) is 1.06. The fourth-order valence-corrected chi connectivity index (χ4v) is 4.58. The SMILES string of the molecule is COCCn1nc(C(=O)N2CCN(S(=O)(=O)c3ccc(C(F)(F)F)cc3)CC2)ccc1=O. The first-order chi connectivity index (χ1) is 15.0. The summed E-state index contributed by atoms with van der Waals surface area (Å²) < 4.78 is 70.8. The highest BCUT2D eigenvalue weighted by atomic mass is 32.2. The number of benzene rings is 1. The van der Waals surface area contributed by atoms with E-state index < -0.39 is 27.7 Å². The lowest BCUT2D eigenvalue weighted by atomic mass is 10.2. The molecule has 1 amide bonds. The number of methoxy groups -OCH3 is 1. The van der Waals surface area contributed by atoms with Crippen molar-refractivity contribution in [2.75, 3.05) is 39.9 Å². The largest absolute Gasteiger partial charge is 0.416 e. The average Bonchev–Trinajstić information content (AvgIpc) is 2.77. The molecule has 1 aromatic heterocycles. The number of carbonyl (C=O) groups is 1. The number of halogens is 3. The third-order valence-corrected chi connectivity index (χ3v) is 6.85. The van der Waals surface area contributed by atoms with Crippen LogP contribution in [0.25, 0.3) is 0 Å². The van der Waals surface area contributed by atoms with Gasteiger partial charge in [-0.2, -0.15) is 22.6 Å². The van der Waals surface area contributed by atoms with Gasteiger partial charge >= 0.3 is 6.18 Å². The van der Waals surface area contributed by atoms with Gasteiger partial charge in [-0.05, 0) is 30.3 Å². The molecule has 9 nitrogen and oxygen atoms in total. The summed E-state index contributed by atoms with van der Waals surface area (Å²) in [6.45, 7) is 0.493. The van der Waals surface area contributed by atoms with Gasteiger partial charge in [0.05, 0.1) is 23.6 Å². The first kappa shape index (κ1) is 23.9. The molecule has 0 bridgehead atoms. The van der Waals surface area contributed by atoms with E-state index in [9.17, 15) is 31.2 Å². The summed E-state index contributed by atoms with van der Waals surface area (Å²) in [5, 5.41) is 4.04. The van der Waals surface area contributed by atoms with Crippen LogP contribution < -0.4 is 5.56 Å². The standard InChI is InChI=1S/C19H21F3N4O5S/c1-31-13-12-26-17(27)7-6-16(23-26)18(28)24-8-10-25(11-9-24)32(29,30)15-4-2-14(3-5-15)19(20,21)22/h2-7H,8-13H2,1H3. The van der Waals surface area contributed by atoms with Crippen LogP contribution in [-0.4, -0.2) is 73.2 Å². The van der Waals surface area contributed by atoms with Gasteiger partial charge in [0.15, 0.2) is 0 Å². The van der Waals surface area contributed by atoms with Crippen molar-refractivity contribution in [1.82, 2.24) is 19.0 Å². The monoisotopic (exact) mass is 474 g/mol. The number of carbonyl (C=O) groups excluding carboxylic acids is 1. The van der Waals surface area contributed by atoms with Gasteiger partial charge in [0.2, 0.25) is 10.0 Å². The molecule has 1 aromatic carbocycles. The van der Waals surface area contributed by atoms with Gasteiger partial charge in [0.1, 0.15) is 5.69 Å². The second-order valence-electron chi connectivity index (χ2n) is 6.99. The number of aromatic nitrogens is 2. The second-order valence-corrected chi connectivity index (χ2v) is 8.93. The predicted molar refractivity (Wildman–Crippen MR) is 106 cm³/mol. The van der Waals surface area contributed by atoms with Crippen LogP contribution in [0.3, 0.4) is 0 Å².